The molecule has 3 rings (SSSR count). The minimum absolute atomic E-state index is 0.00261. The molecule has 1 aliphatic heterocycles. The van der Waals surface area contributed by atoms with Gasteiger partial charge in [-0.25, -0.2) is 0 Å². The number of hydrogen-bond donors (Lipinski definition) is 3. The van der Waals surface area contributed by atoms with Gasteiger partial charge in [-0.3, -0.25) is 14.5 Å². The third kappa shape index (κ3) is 6.45. The second-order valence-corrected chi connectivity index (χ2v) is 8.70. The average molecular weight is 443 g/mol. The van der Waals surface area contributed by atoms with Crippen molar-refractivity contribution in [1.82, 2.24) is 15.1 Å². The van der Waals surface area contributed by atoms with Gasteiger partial charge in [0, 0.05) is 56.5 Å². The Hall–Kier alpha value is -2.09. The highest BCUT2D eigenvalue weighted by Crippen LogP contribution is 2.23. The minimum atomic E-state index is 0.00261. The van der Waals surface area contributed by atoms with Crippen molar-refractivity contribution in [3.8, 4) is 0 Å². The molecule has 6 nitrogen and oxygen atoms in total. The molecule has 7 heteroatoms. The SMILES string of the molecule is CC(=O)NCCCCN1CCN(C(=O)c2cccc3ccccc23)C[C@@H]1C[C@@H](N)CS. The molecule has 2 aromatic rings. The normalized spacial score (nSPS) is 18.2. The molecule has 1 saturated heterocycles. The van der Waals surface area contributed by atoms with Gasteiger partial charge < -0.3 is 16.0 Å². The lowest BCUT2D eigenvalue weighted by Crippen LogP contribution is -2.56. The minimum Gasteiger partial charge on any atom is -0.356 e. The monoisotopic (exact) mass is 442 g/mol. The summed E-state index contributed by atoms with van der Waals surface area (Å²) in [6.07, 6.45) is 2.76. The van der Waals surface area contributed by atoms with Gasteiger partial charge in [-0.05, 0) is 42.6 Å². The maximum absolute atomic E-state index is 13.4. The molecule has 0 spiro atoms. The van der Waals surface area contributed by atoms with Crippen LogP contribution < -0.4 is 11.1 Å². The zero-order chi connectivity index (χ0) is 22.2. The van der Waals surface area contributed by atoms with E-state index in [1.165, 1.54) is 0 Å². The summed E-state index contributed by atoms with van der Waals surface area (Å²) >= 11 is 4.36. The summed E-state index contributed by atoms with van der Waals surface area (Å²) in [4.78, 5) is 28.9. The summed E-state index contributed by atoms with van der Waals surface area (Å²) < 4.78 is 0. The van der Waals surface area contributed by atoms with Gasteiger partial charge in [0.25, 0.3) is 5.91 Å². The molecule has 0 saturated carbocycles. The maximum Gasteiger partial charge on any atom is 0.254 e. The number of nitrogens with zero attached hydrogens (tertiary/aromatic N) is 2. The van der Waals surface area contributed by atoms with Crippen LogP contribution in [-0.4, -0.2) is 72.2 Å². The Kier molecular flexibility index (Phi) is 8.75. The number of hydrogen-bond acceptors (Lipinski definition) is 5. The molecule has 2 amide bonds. The van der Waals surface area contributed by atoms with Gasteiger partial charge in [-0.1, -0.05) is 36.4 Å². The highest BCUT2D eigenvalue weighted by molar-refractivity contribution is 7.80. The Bertz CT molecular complexity index is 886. The molecule has 0 aliphatic carbocycles. The molecule has 3 N–H and O–H groups in total. The summed E-state index contributed by atoms with van der Waals surface area (Å²) in [5.74, 6) is 0.731. The van der Waals surface area contributed by atoms with Crippen LogP contribution in [0.3, 0.4) is 0 Å². The van der Waals surface area contributed by atoms with Crippen LogP contribution in [0.25, 0.3) is 10.8 Å². The van der Waals surface area contributed by atoms with Gasteiger partial charge in [-0.15, -0.1) is 0 Å². The first-order valence-electron chi connectivity index (χ1n) is 11.1. The number of amides is 2. The highest BCUT2D eigenvalue weighted by atomic mass is 32.1. The largest absolute Gasteiger partial charge is 0.356 e. The Morgan fingerprint density at radius 1 is 1.16 bits per heavy atom. The van der Waals surface area contributed by atoms with E-state index in [4.69, 9.17) is 5.73 Å². The fourth-order valence-corrected chi connectivity index (χ4v) is 4.45. The lowest BCUT2D eigenvalue weighted by atomic mass is 10.0. The molecule has 0 aromatic heterocycles. The summed E-state index contributed by atoms with van der Waals surface area (Å²) in [5.41, 5.74) is 6.99. The summed E-state index contributed by atoms with van der Waals surface area (Å²) in [6.45, 7) is 5.41. The van der Waals surface area contributed by atoms with E-state index in [1.807, 2.05) is 47.4 Å². The van der Waals surface area contributed by atoms with Gasteiger partial charge in [0.2, 0.25) is 5.91 Å². The van der Waals surface area contributed by atoms with Crippen molar-refractivity contribution < 1.29 is 9.59 Å². The van der Waals surface area contributed by atoms with Crippen molar-refractivity contribution in [2.24, 2.45) is 5.73 Å². The van der Waals surface area contributed by atoms with E-state index in [9.17, 15) is 9.59 Å². The van der Waals surface area contributed by atoms with Gasteiger partial charge in [0.05, 0.1) is 0 Å². The van der Waals surface area contributed by atoms with Crippen LogP contribution in [0.15, 0.2) is 42.5 Å². The second-order valence-electron chi connectivity index (χ2n) is 8.34. The zero-order valence-corrected chi connectivity index (χ0v) is 19.2. The number of thiol groups is 1. The average Bonchev–Trinajstić information content (AvgIpc) is 2.78. The van der Waals surface area contributed by atoms with E-state index < -0.39 is 0 Å². The standard InChI is InChI=1S/C24H34N4O2S/c1-18(29)26-11-4-5-12-27-13-14-28(16-21(27)15-20(25)17-31)24(30)23-10-6-8-19-7-2-3-9-22(19)23/h2-3,6-10,20-21,31H,4-5,11-17,25H2,1H3,(H,26,29)/t20-,21+/m1/s1. The molecule has 31 heavy (non-hydrogen) atoms. The lowest BCUT2D eigenvalue weighted by Gasteiger charge is -2.42. The number of piperazine rings is 1. The molecule has 2 aromatic carbocycles. The van der Waals surface area contributed by atoms with Crippen LogP contribution in [0, 0.1) is 0 Å². The zero-order valence-electron chi connectivity index (χ0n) is 18.3. The third-order valence-electron chi connectivity index (χ3n) is 5.97. The Balaban J connectivity index is 1.66. The number of carbonyl (C=O) groups excluding carboxylic acids is 2. The van der Waals surface area contributed by atoms with E-state index >= 15 is 0 Å². The molecule has 1 aliphatic rings. The number of rotatable bonds is 9. The summed E-state index contributed by atoms with van der Waals surface area (Å²) in [5, 5.41) is 4.93. The number of unbranched alkanes of at least 4 members (excludes halogenated alkanes) is 1. The van der Waals surface area contributed by atoms with Crippen molar-refractivity contribution in [1.29, 1.82) is 0 Å². The first-order chi connectivity index (χ1) is 15.0. The van der Waals surface area contributed by atoms with E-state index in [2.05, 4.69) is 22.8 Å². The molecular weight excluding hydrogens is 408 g/mol. The van der Waals surface area contributed by atoms with Crippen LogP contribution in [0.4, 0.5) is 0 Å². The predicted octanol–water partition coefficient (Wildman–Crippen LogP) is 2.53. The molecule has 0 bridgehead atoms. The smallest absolute Gasteiger partial charge is 0.254 e. The first-order valence-corrected chi connectivity index (χ1v) is 11.7. The van der Waals surface area contributed by atoms with Crippen LogP contribution >= 0.6 is 12.6 Å². The van der Waals surface area contributed by atoms with Gasteiger partial charge in [-0.2, -0.15) is 12.6 Å². The summed E-state index contributed by atoms with van der Waals surface area (Å²) in [7, 11) is 0. The quantitative estimate of drug-likeness (QED) is 0.412. The van der Waals surface area contributed by atoms with Gasteiger partial charge in [0.1, 0.15) is 0 Å². The number of nitrogens with one attached hydrogen (secondary N) is 1. The maximum atomic E-state index is 13.4. The topological polar surface area (TPSA) is 78.7 Å². The van der Waals surface area contributed by atoms with Crippen molar-refractivity contribution in [2.75, 3.05) is 38.5 Å². The van der Waals surface area contributed by atoms with Crippen LogP contribution in [0.2, 0.25) is 0 Å². The Morgan fingerprint density at radius 3 is 2.71 bits per heavy atom. The lowest BCUT2D eigenvalue weighted by molar-refractivity contribution is -0.118. The highest BCUT2D eigenvalue weighted by Gasteiger charge is 2.31. The van der Waals surface area contributed by atoms with Crippen molar-refractivity contribution >= 4 is 35.2 Å². The van der Waals surface area contributed by atoms with E-state index in [-0.39, 0.29) is 23.9 Å². The van der Waals surface area contributed by atoms with Crippen LogP contribution in [-0.2, 0) is 4.79 Å². The molecular formula is C24H34N4O2S. The number of nitrogens with two attached hydrogens (primary N) is 1. The number of benzene rings is 2. The molecule has 2 atom stereocenters. The van der Waals surface area contributed by atoms with Crippen LogP contribution in [0.1, 0.15) is 36.5 Å². The Morgan fingerprint density at radius 2 is 1.94 bits per heavy atom. The summed E-state index contributed by atoms with van der Waals surface area (Å²) in [6, 6.07) is 14.2. The van der Waals surface area contributed by atoms with Gasteiger partial charge in [0.15, 0.2) is 0 Å². The van der Waals surface area contributed by atoms with E-state index in [1.54, 1.807) is 6.92 Å². The van der Waals surface area contributed by atoms with Crippen molar-refractivity contribution in [3.63, 3.8) is 0 Å². The fourth-order valence-electron chi connectivity index (χ4n) is 4.31. The molecule has 0 radical (unpaired) electrons. The van der Waals surface area contributed by atoms with E-state index in [0.29, 0.717) is 25.4 Å². The van der Waals surface area contributed by atoms with Crippen LogP contribution in [0.5, 0.6) is 0 Å². The molecule has 1 fully saturated rings. The van der Waals surface area contributed by atoms with Crippen molar-refractivity contribution in [2.45, 2.75) is 38.3 Å². The second kappa shape index (κ2) is 11.5. The predicted molar refractivity (Wildman–Crippen MR) is 130 cm³/mol. The van der Waals surface area contributed by atoms with Gasteiger partial charge >= 0.3 is 0 Å². The third-order valence-corrected chi connectivity index (χ3v) is 6.44. The molecule has 168 valence electrons. The Labute approximate surface area is 190 Å². The van der Waals surface area contributed by atoms with Crippen molar-refractivity contribution in [3.05, 3.63) is 48.0 Å². The number of fused-ring (bicyclic) bond motifs is 1. The fraction of sp³-hybridized carbons (Fsp3) is 0.500. The molecule has 1 heterocycles. The van der Waals surface area contributed by atoms with E-state index in [0.717, 1.165) is 48.7 Å². The molecule has 0 unspecified atom stereocenters. The number of carbonyl (C=O) groups is 2. The first kappa shape index (κ1) is 23.6.